The van der Waals surface area contributed by atoms with Crippen molar-refractivity contribution in [2.45, 2.75) is 32.3 Å². The number of ether oxygens (including phenoxy) is 1. The third kappa shape index (κ3) is 4.15. The summed E-state index contributed by atoms with van der Waals surface area (Å²) in [5.74, 6) is 0.000309. The molecule has 118 valence electrons. The van der Waals surface area contributed by atoms with Gasteiger partial charge in [0.05, 0.1) is 6.61 Å². The van der Waals surface area contributed by atoms with Crippen molar-refractivity contribution in [3.8, 4) is 0 Å². The van der Waals surface area contributed by atoms with Crippen LogP contribution in [0.25, 0.3) is 0 Å². The third-order valence-electron chi connectivity index (χ3n) is 2.84. The summed E-state index contributed by atoms with van der Waals surface area (Å²) in [6.45, 7) is 9.27. The van der Waals surface area contributed by atoms with Gasteiger partial charge < -0.3 is 9.30 Å². The Bertz CT molecular complexity index is 607. The van der Waals surface area contributed by atoms with Gasteiger partial charge in [-0.25, -0.2) is 13.4 Å². The number of esters is 1. The Labute approximate surface area is 125 Å². The van der Waals surface area contributed by atoms with E-state index in [4.69, 9.17) is 4.74 Å². The maximum Gasteiger partial charge on any atom is 0.321 e. The quantitative estimate of drug-likeness (QED) is 0.527. The van der Waals surface area contributed by atoms with Crippen LogP contribution in [0.2, 0.25) is 0 Å². The molecule has 0 saturated heterocycles. The summed E-state index contributed by atoms with van der Waals surface area (Å²) >= 11 is 0. The van der Waals surface area contributed by atoms with E-state index in [-0.39, 0.29) is 24.7 Å². The highest BCUT2D eigenvalue weighted by molar-refractivity contribution is 7.89. The van der Waals surface area contributed by atoms with Crippen LogP contribution in [0.15, 0.2) is 23.9 Å². The van der Waals surface area contributed by atoms with Crippen molar-refractivity contribution in [1.29, 1.82) is 0 Å². The van der Waals surface area contributed by atoms with E-state index in [2.05, 4.69) is 11.6 Å². The standard InChI is InChI=1S/C13H21N3O4S/c1-5-8-16(10-13(17)20-7-3)21(18,19)12-9-15(6-2)11(4)14-12/h5,9H,1,6-8,10H2,2-4H3. The van der Waals surface area contributed by atoms with Crippen LogP contribution in [0.5, 0.6) is 0 Å². The van der Waals surface area contributed by atoms with Crippen LogP contribution < -0.4 is 0 Å². The van der Waals surface area contributed by atoms with Crippen LogP contribution in [0, 0.1) is 6.92 Å². The fourth-order valence-electron chi connectivity index (χ4n) is 1.80. The molecule has 1 heterocycles. The Morgan fingerprint density at radius 2 is 2.19 bits per heavy atom. The molecule has 0 aliphatic heterocycles. The lowest BCUT2D eigenvalue weighted by atomic mass is 10.5. The number of rotatable bonds is 8. The van der Waals surface area contributed by atoms with Crippen LogP contribution in [0.1, 0.15) is 19.7 Å². The minimum atomic E-state index is -3.86. The SMILES string of the molecule is C=CCN(CC(=O)OCC)S(=O)(=O)c1cn(CC)c(C)n1. The first-order valence-corrected chi connectivity index (χ1v) is 8.11. The molecule has 0 amide bonds. The van der Waals surface area contributed by atoms with Crippen molar-refractivity contribution in [3.05, 3.63) is 24.7 Å². The predicted octanol–water partition coefficient (Wildman–Crippen LogP) is 0.951. The Balaban J connectivity index is 3.08. The summed E-state index contributed by atoms with van der Waals surface area (Å²) < 4.78 is 32.6. The molecular weight excluding hydrogens is 294 g/mol. The number of aromatic nitrogens is 2. The number of aryl methyl sites for hydroxylation is 2. The van der Waals surface area contributed by atoms with Crippen molar-refractivity contribution in [3.63, 3.8) is 0 Å². The van der Waals surface area contributed by atoms with E-state index in [9.17, 15) is 13.2 Å². The minimum absolute atomic E-state index is 0.0131. The molecule has 0 saturated carbocycles. The highest BCUT2D eigenvalue weighted by Gasteiger charge is 2.29. The molecule has 1 aromatic rings. The minimum Gasteiger partial charge on any atom is -0.465 e. The summed E-state index contributed by atoms with van der Waals surface area (Å²) in [4.78, 5) is 15.6. The molecule has 0 atom stereocenters. The average Bonchev–Trinajstić information content (AvgIpc) is 2.80. The molecule has 0 fully saturated rings. The van der Waals surface area contributed by atoms with Gasteiger partial charge in [0.2, 0.25) is 0 Å². The van der Waals surface area contributed by atoms with Crippen molar-refractivity contribution in [1.82, 2.24) is 13.9 Å². The van der Waals surface area contributed by atoms with Crippen molar-refractivity contribution < 1.29 is 17.9 Å². The molecule has 21 heavy (non-hydrogen) atoms. The molecule has 1 aromatic heterocycles. The Hall–Kier alpha value is -1.67. The van der Waals surface area contributed by atoms with Gasteiger partial charge in [-0.3, -0.25) is 4.79 Å². The van der Waals surface area contributed by atoms with E-state index in [1.54, 1.807) is 18.4 Å². The van der Waals surface area contributed by atoms with E-state index in [0.29, 0.717) is 12.4 Å². The molecule has 7 nitrogen and oxygen atoms in total. The Morgan fingerprint density at radius 3 is 2.67 bits per heavy atom. The van der Waals surface area contributed by atoms with Gasteiger partial charge in [-0.1, -0.05) is 6.08 Å². The maximum atomic E-state index is 12.5. The predicted molar refractivity (Wildman–Crippen MR) is 78.2 cm³/mol. The largest absolute Gasteiger partial charge is 0.465 e. The van der Waals surface area contributed by atoms with Gasteiger partial charge in [-0.15, -0.1) is 6.58 Å². The topological polar surface area (TPSA) is 81.5 Å². The molecule has 0 aromatic carbocycles. The molecule has 8 heteroatoms. The molecule has 0 N–H and O–H groups in total. The molecule has 0 spiro atoms. The van der Waals surface area contributed by atoms with Gasteiger partial charge in [-0.05, 0) is 20.8 Å². The fourth-order valence-corrected chi connectivity index (χ4v) is 3.15. The number of hydrogen-bond donors (Lipinski definition) is 0. The molecule has 0 radical (unpaired) electrons. The van der Waals surface area contributed by atoms with Gasteiger partial charge >= 0.3 is 5.97 Å². The van der Waals surface area contributed by atoms with Gasteiger partial charge in [0.25, 0.3) is 10.0 Å². The maximum absolute atomic E-state index is 12.5. The first kappa shape index (κ1) is 17.4. The van der Waals surface area contributed by atoms with Gasteiger partial charge in [0.15, 0.2) is 5.03 Å². The van der Waals surface area contributed by atoms with Crippen LogP contribution in [0.3, 0.4) is 0 Å². The van der Waals surface area contributed by atoms with Gasteiger partial charge in [0.1, 0.15) is 12.4 Å². The molecule has 0 aliphatic carbocycles. The van der Waals surface area contributed by atoms with Crippen molar-refractivity contribution >= 4 is 16.0 Å². The summed E-state index contributed by atoms with van der Waals surface area (Å²) in [7, 11) is -3.86. The molecular formula is C13H21N3O4S. The van der Waals surface area contributed by atoms with Crippen LogP contribution >= 0.6 is 0 Å². The first-order chi connectivity index (χ1) is 9.86. The molecule has 1 rings (SSSR count). The number of carbonyl (C=O) groups excluding carboxylic acids is 1. The van der Waals surface area contributed by atoms with Crippen molar-refractivity contribution in [2.24, 2.45) is 0 Å². The van der Waals surface area contributed by atoms with Crippen LogP contribution in [0.4, 0.5) is 0 Å². The number of carbonyl (C=O) groups is 1. The van der Waals surface area contributed by atoms with E-state index in [0.717, 1.165) is 4.31 Å². The smallest absolute Gasteiger partial charge is 0.321 e. The highest BCUT2D eigenvalue weighted by Crippen LogP contribution is 2.15. The number of imidazole rings is 1. The van der Waals surface area contributed by atoms with E-state index < -0.39 is 16.0 Å². The lowest BCUT2D eigenvalue weighted by Crippen LogP contribution is -2.36. The zero-order valence-electron chi connectivity index (χ0n) is 12.6. The Morgan fingerprint density at radius 1 is 1.52 bits per heavy atom. The van der Waals surface area contributed by atoms with E-state index >= 15 is 0 Å². The van der Waals surface area contributed by atoms with E-state index in [1.807, 2.05) is 6.92 Å². The number of nitrogens with zero attached hydrogens (tertiary/aromatic N) is 3. The number of hydrogen-bond acceptors (Lipinski definition) is 5. The summed E-state index contributed by atoms with van der Waals surface area (Å²) in [5, 5.41) is -0.0759. The fraction of sp³-hybridized carbons (Fsp3) is 0.538. The second-order valence-electron chi connectivity index (χ2n) is 4.30. The second kappa shape index (κ2) is 7.37. The lowest BCUT2D eigenvalue weighted by molar-refractivity contribution is -0.143. The van der Waals surface area contributed by atoms with E-state index in [1.165, 1.54) is 12.3 Å². The van der Waals surface area contributed by atoms with Gasteiger partial charge in [-0.2, -0.15) is 4.31 Å². The van der Waals surface area contributed by atoms with Crippen LogP contribution in [-0.2, 0) is 26.1 Å². The monoisotopic (exact) mass is 315 g/mol. The molecule has 0 unspecified atom stereocenters. The van der Waals surface area contributed by atoms with Gasteiger partial charge in [0, 0.05) is 19.3 Å². The summed E-state index contributed by atoms with van der Waals surface area (Å²) in [6.07, 6.45) is 2.88. The second-order valence-corrected chi connectivity index (χ2v) is 6.19. The first-order valence-electron chi connectivity index (χ1n) is 6.67. The average molecular weight is 315 g/mol. The summed E-state index contributed by atoms with van der Waals surface area (Å²) in [6, 6.07) is 0. The molecule has 0 bridgehead atoms. The highest BCUT2D eigenvalue weighted by atomic mass is 32.2. The normalized spacial score (nSPS) is 11.6. The van der Waals surface area contributed by atoms with Crippen molar-refractivity contribution in [2.75, 3.05) is 19.7 Å². The summed E-state index contributed by atoms with van der Waals surface area (Å²) in [5.41, 5.74) is 0. The molecule has 0 aliphatic rings. The zero-order valence-corrected chi connectivity index (χ0v) is 13.4. The lowest BCUT2D eigenvalue weighted by Gasteiger charge is -2.18. The zero-order chi connectivity index (χ0) is 16.0. The number of sulfonamides is 1. The van der Waals surface area contributed by atoms with Crippen LogP contribution in [-0.4, -0.2) is 47.9 Å². The third-order valence-corrected chi connectivity index (χ3v) is 4.53. The Kier molecular flexibility index (Phi) is 6.10.